The fraction of sp³-hybridized carbons (Fsp3) is 0.136. The summed E-state index contributed by atoms with van der Waals surface area (Å²) in [5.74, 6) is -0.497. The summed E-state index contributed by atoms with van der Waals surface area (Å²) in [5, 5.41) is 7.72. The van der Waals surface area contributed by atoms with Gasteiger partial charge in [-0.05, 0) is 78.6 Å². The molecule has 3 aromatic rings. The summed E-state index contributed by atoms with van der Waals surface area (Å²) >= 11 is 0. The van der Waals surface area contributed by atoms with Crippen molar-refractivity contribution in [2.75, 3.05) is 5.32 Å². The predicted octanol–water partition coefficient (Wildman–Crippen LogP) is 4.89. The van der Waals surface area contributed by atoms with E-state index in [4.69, 9.17) is 5.14 Å². The van der Waals surface area contributed by atoms with Crippen LogP contribution in [0.2, 0.25) is 0 Å². The van der Waals surface area contributed by atoms with Crippen LogP contribution in [0, 0.1) is 13.8 Å². The van der Waals surface area contributed by atoms with Crippen molar-refractivity contribution in [2.45, 2.75) is 24.9 Å². The van der Waals surface area contributed by atoms with Crippen LogP contribution in [0.15, 0.2) is 65.6 Å². The van der Waals surface area contributed by atoms with Gasteiger partial charge in [0.2, 0.25) is 10.0 Å². The molecular weight excluding hydrogens is 429 g/mol. The smallest absolute Gasteiger partial charge is 0.322 e. The van der Waals surface area contributed by atoms with Crippen LogP contribution in [0.1, 0.15) is 27.0 Å². The molecule has 0 aliphatic carbocycles. The second-order valence-electron chi connectivity index (χ2n) is 7.05. The zero-order chi connectivity index (χ0) is 23.0. The first kappa shape index (κ1) is 22.5. The van der Waals surface area contributed by atoms with Crippen LogP contribution < -0.4 is 10.5 Å². The molecule has 0 aliphatic heterocycles. The molecule has 0 radical (unpaired) electrons. The molecule has 1 amide bonds. The number of alkyl halides is 3. The number of hydrogen-bond donors (Lipinski definition) is 2. The summed E-state index contributed by atoms with van der Waals surface area (Å²) in [5.41, 5.74) is 1.53. The SMILES string of the molecule is Cc1cc(NC(=O)c2ccc(S(N)(=O)=O)cc2)cc(C)c1-c1ccccc1C(F)(F)F. The van der Waals surface area contributed by atoms with Crippen molar-refractivity contribution < 1.29 is 26.4 Å². The molecular formula is C22H19F3N2O3S. The van der Waals surface area contributed by atoms with Crippen molar-refractivity contribution in [3.05, 3.63) is 82.9 Å². The fourth-order valence-corrected chi connectivity index (χ4v) is 3.92. The lowest BCUT2D eigenvalue weighted by atomic mass is 9.91. The van der Waals surface area contributed by atoms with Gasteiger partial charge in [0.1, 0.15) is 0 Å². The number of benzene rings is 3. The van der Waals surface area contributed by atoms with E-state index in [9.17, 15) is 26.4 Å². The number of nitrogens with two attached hydrogens (primary N) is 1. The molecule has 31 heavy (non-hydrogen) atoms. The average molecular weight is 448 g/mol. The van der Waals surface area contributed by atoms with Gasteiger partial charge in [0, 0.05) is 11.3 Å². The third-order valence-corrected chi connectivity index (χ3v) is 5.67. The van der Waals surface area contributed by atoms with E-state index < -0.39 is 27.7 Å². The van der Waals surface area contributed by atoms with Gasteiger partial charge in [-0.1, -0.05) is 18.2 Å². The van der Waals surface area contributed by atoms with E-state index in [0.717, 1.165) is 6.07 Å². The minimum atomic E-state index is -4.49. The summed E-state index contributed by atoms with van der Waals surface area (Å²) in [4.78, 5) is 12.4. The van der Waals surface area contributed by atoms with E-state index in [1.54, 1.807) is 32.0 Å². The zero-order valence-electron chi connectivity index (χ0n) is 16.6. The highest BCUT2D eigenvalue weighted by molar-refractivity contribution is 7.89. The normalized spacial score (nSPS) is 11.9. The number of nitrogens with one attached hydrogen (secondary N) is 1. The van der Waals surface area contributed by atoms with Crippen LogP contribution in [0.25, 0.3) is 11.1 Å². The van der Waals surface area contributed by atoms with Crippen molar-refractivity contribution >= 4 is 21.6 Å². The summed E-state index contributed by atoms with van der Waals surface area (Å²) in [6, 6.07) is 13.6. The molecule has 0 aliphatic rings. The van der Waals surface area contributed by atoms with E-state index in [-0.39, 0.29) is 16.0 Å². The highest BCUT2D eigenvalue weighted by Gasteiger charge is 2.34. The van der Waals surface area contributed by atoms with Crippen molar-refractivity contribution in [2.24, 2.45) is 5.14 Å². The number of carbonyl (C=O) groups excluding carboxylic acids is 1. The Morgan fingerprint density at radius 1 is 0.935 bits per heavy atom. The van der Waals surface area contributed by atoms with E-state index in [1.807, 2.05) is 0 Å². The van der Waals surface area contributed by atoms with Crippen LogP contribution in [0.3, 0.4) is 0 Å². The fourth-order valence-electron chi connectivity index (χ4n) is 3.41. The Labute approximate surface area is 177 Å². The lowest BCUT2D eigenvalue weighted by molar-refractivity contribution is -0.137. The van der Waals surface area contributed by atoms with Gasteiger partial charge in [-0.3, -0.25) is 4.79 Å². The van der Waals surface area contributed by atoms with Gasteiger partial charge in [-0.15, -0.1) is 0 Å². The Balaban J connectivity index is 1.92. The summed E-state index contributed by atoms with van der Waals surface area (Å²) in [6.45, 7) is 3.35. The molecule has 0 heterocycles. The van der Waals surface area contributed by atoms with Crippen LogP contribution in [-0.4, -0.2) is 14.3 Å². The maximum atomic E-state index is 13.4. The minimum Gasteiger partial charge on any atom is -0.322 e. The Morgan fingerprint density at radius 3 is 2.00 bits per heavy atom. The third kappa shape index (κ3) is 4.95. The Hall–Kier alpha value is -3.17. The summed E-state index contributed by atoms with van der Waals surface area (Å²) < 4.78 is 63.0. The second-order valence-corrected chi connectivity index (χ2v) is 8.61. The lowest BCUT2D eigenvalue weighted by Gasteiger charge is -2.18. The lowest BCUT2D eigenvalue weighted by Crippen LogP contribution is -2.15. The highest BCUT2D eigenvalue weighted by atomic mass is 32.2. The number of primary sulfonamides is 1. The van der Waals surface area contributed by atoms with Crippen LogP contribution in [0.4, 0.5) is 18.9 Å². The third-order valence-electron chi connectivity index (χ3n) is 4.74. The maximum absolute atomic E-state index is 13.4. The van der Waals surface area contributed by atoms with Gasteiger partial charge >= 0.3 is 6.18 Å². The molecule has 0 spiro atoms. The minimum absolute atomic E-state index is 0.0708. The molecule has 9 heteroatoms. The van der Waals surface area contributed by atoms with Crippen LogP contribution >= 0.6 is 0 Å². The van der Waals surface area contributed by atoms with Gasteiger partial charge in [0.25, 0.3) is 5.91 Å². The number of carbonyl (C=O) groups is 1. The van der Waals surface area contributed by atoms with Crippen molar-refractivity contribution in [1.29, 1.82) is 0 Å². The predicted molar refractivity (Wildman–Crippen MR) is 112 cm³/mol. The molecule has 0 unspecified atom stereocenters. The molecule has 5 nitrogen and oxygen atoms in total. The van der Waals surface area contributed by atoms with E-state index in [2.05, 4.69) is 5.32 Å². The number of halogens is 3. The zero-order valence-corrected chi connectivity index (χ0v) is 17.4. The van der Waals surface area contributed by atoms with Crippen molar-refractivity contribution in [3.8, 4) is 11.1 Å². The van der Waals surface area contributed by atoms with E-state index >= 15 is 0 Å². The topological polar surface area (TPSA) is 89.3 Å². The molecule has 162 valence electrons. The number of hydrogen-bond acceptors (Lipinski definition) is 3. The van der Waals surface area contributed by atoms with Gasteiger partial charge in [0.15, 0.2) is 0 Å². The molecule has 3 rings (SSSR count). The number of sulfonamides is 1. The first-order chi connectivity index (χ1) is 14.4. The summed E-state index contributed by atoms with van der Waals surface area (Å²) in [7, 11) is -3.87. The van der Waals surface area contributed by atoms with Gasteiger partial charge in [0.05, 0.1) is 10.5 Å². The number of rotatable bonds is 4. The number of amides is 1. The van der Waals surface area contributed by atoms with Gasteiger partial charge in [-0.2, -0.15) is 13.2 Å². The monoisotopic (exact) mass is 448 g/mol. The standard InChI is InChI=1S/C22H19F3N2O3S/c1-13-11-16(27-21(28)15-7-9-17(10-8-15)31(26,29)30)12-14(2)20(13)18-5-3-4-6-19(18)22(23,24)25/h3-12H,1-2H3,(H,27,28)(H2,26,29,30). The maximum Gasteiger partial charge on any atom is 0.417 e. The molecule has 0 saturated carbocycles. The van der Waals surface area contributed by atoms with Gasteiger partial charge < -0.3 is 5.32 Å². The summed E-state index contributed by atoms with van der Waals surface area (Å²) in [6.07, 6.45) is -4.49. The molecule has 3 aromatic carbocycles. The molecule has 3 N–H and O–H groups in total. The van der Waals surface area contributed by atoms with Crippen molar-refractivity contribution in [1.82, 2.24) is 0 Å². The Morgan fingerprint density at radius 2 is 1.48 bits per heavy atom. The molecule has 0 aromatic heterocycles. The number of aryl methyl sites for hydroxylation is 2. The van der Waals surface area contributed by atoms with E-state index in [0.29, 0.717) is 22.4 Å². The molecule has 0 saturated heterocycles. The van der Waals surface area contributed by atoms with Crippen molar-refractivity contribution in [3.63, 3.8) is 0 Å². The first-order valence-electron chi connectivity index (χ1n) is 9.10. The largest absolute Gasteiger partial charge is 0.417 e. The highest BCUT2D eigenvalue weighted by Crippen LogP contribution is 2.40. The Kier molecular flexibility index (Phi) is 5.93. The molecule has 0 fully saturated rings. The first-order valence-corrected chi connectivity index (χ1v) is 10.6. The van der Waals surface area contributed by atoms with Gasteiger partial charge in [-0.25, -0.2) is 13.6 Å². The second kappa shape index (κ2) is 8.16. The quantitative estimate of drug-likeness (QED) is 0.596. The van der Waals surface area contributed by atoms with Crippen LogP contribution in [0.5, 0.6) is 0 Å². The number of anilines is 1. The molecule has 0 bridgehead atoms. The van der Waals surface area contributed by atoms with Crippen LogP contribution in [-0.2, 0) is 16.2 Å². The van der Waals surface area contributed by atoms with E-state index in [1.165, 1.54) is 36.4 Å². The Bertz CT molecular complexity index is 1230. The molecule has 0 atom stereocenters. The average Bonchev–Trinajstić information content (AvgIpc) is 2.66.